The van der Waals surface area contributed by atoms with Crippen LogP contribution in [0.4, 0.5) is 5.69 Å². The van der Waals surface area contributed by atoms with E-state index in [1.165, 1.54) is 24.2 Å². The summed E-state index contributed by atoms with van der Waals surface area (Å²) in [4.78, 5) is 47.9. The summed E-state index contributed by atoms with van der Waals surface area (Å²) >= 11 is 0. The van der Waals surface area contributed by atoms with E-state index in [0.717, 1.165) is 4.57 Å². The zero-order chi connectivity index (χ0) is 16.2. The normalized spacial score (nSPS) is 9.90. The number of esters is 1. The molecule has 1 aromatic heterocycles. The van der Waals surface area contributed by atoms with E-state index < -0.39 is 17.4 Å². The lowest BCUT2D eigenvalue weighted by Crippen LogP contribution is -2.31. The van der Waals surface area contributed by atoms with E-state index in [1.54, 1.807) is 21.0 Å². The van der Waals surface area contributed by atoms with Gasteiger partial charge >= 0.3 is 11.9 Å². The van der Waals surface area contributed by atoms with Crippen molar-refractivity contribution in [2.75, 3.05) is 26.0 Å². The Morgan fingerprint density at radius 1 is 1.33 bits per heavy atom. The van der Waals surface area contributed by atoms with Gasteiger partial charge in [0.25, 0.3) is 11.5 Å². The summed E-state index contributed by atoms with van der Waals surface area (Å²) < 4.78 is 5.68. The van der Waals surface area contributed by atoms with Crippen molar-refractivity contribution in [3.8, 4) is 0 Å². The van der Waals surface area contributed by atoms with Gasteiger partial charge in [-0.3, -0.25) is 14.4 Å². The number of pyridine rings is 1. The van der Waals surface area contributed by atoms with Crippen molar-refractivity contribution >= 4 is 23.5 Å². The quantitative estimate of drug-likeness (QED) is 0.604. The van der Waals surface area contributed by atoms with Crippen LogP contribution in [0.15, 0.2) is 17.1 Å². The Kier molecular flexibility index (Phi) is 5.23. The minimum Gasteiger partial charge on any atom is -0.459 e. The number of ether oxygens (including phenoxy) is 1. The number of carbonyl (C=O) groups is 3. The lowest BCUT2D eigenvalue weighted by atomic mass is 10.2. The largest absolute Gasteiger partial charge is 0.459 e. The van der Waals surface area contributed by atoms with E-state index in [-0.39, 0.29) is 23.8 Å². The second-order valence-electron chi connectivity index (χ2n) is 4.43. The summed E-state index contributed by atoms with van der Waals surface area (Å²) in [6, 6.07) is 1.22. The molecule has 0 saturated heterocycles. The molecule has 0 aromatic carbocycles. The van der Waals surface area contributed by atoms with Crippen LogP contribution in [0, 0.1) is 0 Å². The van der Waals surface area contributed by atoms with Gasteiger partial charge in [0.1, 0.15) is 5.69 Å². The third-order valence-corrected chi connectivity index (χ3v) is 2.55. The predicted octanol–water partition coefficient (Wildman–Crippen LogP) is -0.411. The Labute approximate surface area is 121 Å². The number of amides is 2. The van der Waals surface area contributed by atoms with Crippen molar-refractivity contribution in [2.24, 2.45) is 7.05 Å². The van der Waals surface area contributed by atoms with Gasteiger partial charge in [0.2, 0.25) is 0 Å². The molecule has 2 amide bonds. The number of hydrogen-bond acceptors (Lipinski definition) is 5. The molecule has 0 aliphatic rings. The first-order valence-corrected chi connectivity index (χ1v) is 6.18. The molecule has 0 spiro atoms. The maximum Gasteiger partial charge on any atom is 0.397 e. The predicted molar refractivity (Wildman–Crippen MR) is 75.0 cm³/mol. The number of aryl methyl sites for hydroxylation is 1. The zero-order valence-corrected chi connectivity index (χ0v) is 12.3. The molecule has 0 unspecified atom stereocenters. The fourth-order valence-corrected chi connectivity index (χ4v) is 1.55. The molecule has 8 heteroatoms. The number of nitrogens with one attached hydrogen (secondary N) is 1. The lowest BCUT2D eigenvalue weighted by molar-refractivity contribution is -0.152. The van der Waals surface area contributed by atoms with Gasteiger partial charge in [0.05, 0.1) is 12.2 Å². The lowest BCUT2D eigenvalue weighted by Gasteiger charge is -2.13. The highest BCUT2D eigenvalue weighted by Gasteiger charge is 2.19. The molecule has 1 aromatic rings. The maximum atomic E-state index is 11.9. The van der Waals surface area contributed by atoms with Gasteiger partial charge in [-0.2, -0.15) is 0 Å². The van der Waals surface area contributed by atoms with Crippen molar-refractivity contribution in [1.82, 2.24) is 9.47 Å². The third-order valence-electron chi connectivity index (χ3n) is 2.55. The van der Waals surface area contributed by atoms with Crippen LogP contribution in [0.1, 0.15) is 17.3 Å². The first kappa shape index (κ1) is 16.4. The van der Waals surface area contributed by atoms with Crippen LogP contribution < -0.4 is 10.9 Å². The van der Waals surface area contributed by atoms with Gasteiger partial charge in [0.15, 0.2) is 0 Å². The second kappa shape index (κ2) is 6.69. The third kappa shape index (κ3) is 3.91. The van der Waals surface area contributed by atoms with Crippen LogP contribution in [0.2, 0.25) is 0 Å². The van der Waals surface area contributed by atoms with Crippen LogP contribution in [0.25, 0.3) is 0 Å². The van der Waals surface area contributed by atoms with Crippen LogP contribution in [0.5, 0.6) is 0 Å². The average molecular weight is 295 g/mol. The van der Waals surface area contributed by atoms with Crippen molar-refractivity contribution in [3.05, 3.63) is 28.2 Å². The molecule has 0 aliphatic heterocycles. The first-order valence-electron chi connectivity index (χ1n) is 6.18. The number of nitrogens with zero attached hydrogens (tertiary/aromatic N) is 2. The van der Waals surface area contributed by atoms with E-state index >= 15 is 0 Å². The van der Waals surface area contributed by atoms with Gasteiger partial charge in [0, 0.05) is 27.3 Å². The Morgan fingerprint density at radius 3 is 2.48 bits per heavy atom. The smallest absolute Gasteiger partial charge is 0.397 e. The fraction of sp³-hybridized carbons (Fsp3) is 0.385. The van der Waals surface area contributed by atoms with E-state index in [2.05, 4.69) is 10.1 Å². The van der Waals surface area contributed by atoms with Gasteiger partial charge in [-0.25, -0.2) is 4.79 Å². The highest BCUT2D eigenvalue weighted by Crippen LogP contribution is 2.07. The molecule has 8 nitrogen and oxygen atoms in total. The summed E-state index contributed by atoms with van der Waals surface area (Å²) in [5.41, 5.74) is -0.493. The van der Waals surface area contributed by atoms with Crippen molar-refractivity contribution < 1.29 is 19.1 Å². The summed E-state index contributed by atoms with van der Waals surface area (Å²) in [5.74, 6) is -2.50. The fourth-order valence-electron chi connectivity index (χ4n) is 1.55. The highest BCUT2D eigenvalue weighted by molar-refractivity contribution is 6.37. The molecular weight excluding hydrogens is 278 g/mol. The molecule has 21 heavy (non-hydrogen) atoms. The van der Waals surface area contributed by atoms with Crippen molar-refractivity contribution in [1.29, 1.82) is 0 Å². The van der Waals surface area contributed by atoms with Gasteiger partial charge < -0.3 is 19.5 Å². The number of hydrogen-bond donors (Lipinski definition) is 1. The summed E-state index contributed by atoms with van der Waals surface area (Å²) in [6.45, 7) is 1.60. The first-order chi connectivity index (χ1) is 9.77. The monoisotopic (exact) mass is 295 g/mol. The highest BCUT2D eigenvalue weighted by atomic mass is 16.5. The number of rotatable bonds is 3. The van der Waals surface area contributed by atoms with Gasteiger partial charge in [-0.1, -0.05) is 0 Å². The molecule has 1 N–H and O–H groups in total. The van der Waals surface area contributed by atoms with E-state index in [0.29, 0.717) is 0 Å². The molecular formula is C13H17N3O5. The maximum absolute atomic E-state index is 11.9. The number of anilines is 1. The van der Waals surface area contributed by atoms with Crippen LogP contribution in [0.3, 0.4) is 0 Å². The second-order valence-corrected chi connectivity index (χ2v) is 4.43. The van der Waals surface area contributed by atoms with Crippen LogP contribution in [-0.4, -0.2) is 48.0 Å². The number of aromatic nitrogens is 1. The molecule has 0 aliphatic carbocycles. The SMILES string of the molecule is CCOC(=O)C(=O)Nc1cc(C(=O)N(C)C)cn(C)c1=O. The van der Waals surface area contributed by atoms with Crippen molar-refractivity contribution in [3.63, 3.8) is 0 Å². The molecule has 0 atom stereocenters. The molecule has 1 rings (SSSR count). The van der Waals surface area contributed by atoms with Crippen LogP contribution in [-0.2, 0) is 21.4 Å². The molecule has 114 valence electrons. The minimum absolute atomic E-state index is 0.0451. The average Bonchev–Trinajstić information content (AvgIpc) is 2.42. The Morgan fingerprint density at radius 2 is 1.95 bits per heavy atom. The van der Waals surface area contributed by atoms with Crippen molar-refractivity contribution in [2.45, 2.75) is 6.92 Å². The van der Waals surface area contributed by atoms with Gasteiger partial charge in [-0.05, 0) is 13.0 Å². The Hall–Kier alpha value is -2.64. The molecule has 0 bridgehead atoms. The summed E-state index contributed by atoms with van der Waals surface area (Å²) in [6.07, 6.45) is 1.35. The topological polar surface area (TPSA) is 97.7 Å². The molecule has 0 fully saturated rings. The zero-order valence-electron chi connectivity index (χ0n) is 12.3. The molecule has 0 saturated carbocycles. The summed E-state index contributed by atoms with van der Waals surface area (Å²) in [5, 5.41) is 2.15. The Bertz CT molecular complexity index is 633. The summed E-state index contributed by atoms with van der Waals surface area (Å²) in [7, 11) is 4.56. The Balaban J connectivity index is 3.13. The van der Waals surface area contributed by atoms with E-state index in [4.69, 9.17) is 0 Å². The minimum atomic E-state index is -1.09. The van der Waals surface area contributed by atoms with Crippen LogP contribution >= 0.6 is 0 Å². The number of carbonyl (C=O) groups excluding carboxylic acids is 3. The standard InChI is InChI=1S/C13H17N3O5/c1-5-21-13(20)10(17)14-9-6-8(11(18)15(2)3)7-16(4)12(9)19/h6-7H,5H2,1-4H3,(H,14,17). The molecule has 0 radical (unpaired) electrons. The van der Waals surface area contributed by atoms with E-state index in [9.17, 15) is 19.2 Å². The van der Waals surface area contributed by atoms with Gasteiger partial charge in [-0.15, -0.1) is 0 Å². The molecule has 1 heterocycles. The van der Waals surface area contributed by atoms with E-state index in [1.807, 2.05) is 0 Å².